The largest absolute Gasteiger partial charge is 0.324 e. The number of thiophene rings is 1. The van der Waals surface area contributed by atoms with Crippen molar-refractivity contribution < 1.29 is 0 Å². The van der Waals surface area contributed by atoms with Crippen molar-refractivity contribution in [3.63, 3.8) is 0 Å². The molecular formula is C13H19NS. The zero-order valence-corrected chi connectivity index (χ0v) is 9.88. The molecule has 0 amide bonds. The molecule has 0 aliphatic heterocycles. The second-order valence-corrected chi connectivity index (χ2v) is 6.11. The summed E-state index contributed by atoms with van der Waals surface area (Å²) in [5.41, 5.74) is 7.61. The number of hydrogen-bond acceptors (Lipinski definition) is 2. The fraction of sp³-hybridized carbons (Fsp3) is 0.692. The van der Waals surface area contributed by atoms with Gasteiger partial charge in [0.05, 0.1) is 0 Å². The Bertz CT molecular complexity index is 319. The predicted molar refractivity (Wildman–Crippen MR) is 64.8 cm³/mol. The Hall–Kier alpha value is -0.340. The van der Waals surface area contributed by atoms with Gasteiger partial charge in [0, 0.05) is 6.04 Å². The number of nitrogens with two attached hydrogens (primary N) is 1. The molecule has 0 saturated heterocycles. The van der Waals surface area contributed by atoms with E-state index in [2.05, 4.69) is 16.8 Å². The van der Waals surface area contributed by atoms with Gasteiger partial charge in [0.25, 0.3) is 0 Å². The average molecular weight is 221 g/mol. The second-order valence-electron chi connectivity index (χ2n) is 5.33. The van der Waals surface area contributed by atoms with Crippen LogP contribution in [0.5, 0.6) is 0 Å². The van der Waals surface area contributed by atoms with Crippen LogP contribution in [0.4, 0.5) is 0 Å². The van der Waals surface area contributed by atoms with Gasteiger partial charge < -0.3 is 5.73 Å². The fourth-order valence-corrected chi connectivity index (χ4v) is 4.34. The summed E-state index contributed by atoms with van der Waals surface area (Å²) in [5, 5.41) is 4.34. The number of rotatable bonds is 3. The summed E-state index contributed by atoms with van der Waals surface area (Å²) in [6.07, 6.45) is 7.15. The highest BCUT2D eigenvalue weighted by Crippen LogP contribution is 2.50. The van der Waals surface area contributed by atoms with Crippen LogP contribution in [0.3, 0.4) is 0 Å². The summed E-state index contributed by atoms with van der Waals surface area (Å²) in [6.45, 7) is 0. The van der Waals surface area contributed by atoms with Crippen molar-refractivity contribution in [1.82, 2.24) is 0 Å². The van der Waals surface area contributed by atoms with E-state index in [1.54, 1.807) is 11.3 Å². The molecule has 2 aliphatic carbocycles. The summed E-state index contributed by atoms with van der Waals surface area (Å²) < 4.78 is 0. The van der Waals surface area contributed by atoms with Gasteiger partial charge in [0.1, 0.15) is 0 Å². The Labute approximate surface area is 95.7 Å². The Kier molecular flexibility index (Phi) is 2.57. The maximum absolute atomic E-state index is 6.26. The molecule has 1 aromatic heterocycles. The van der Waals surface area contributed by atoms with Crippen LogP contribution in [0.1, 0.15) is 43.7 Å². The fourth-order valence-electron chi connectivity index (χ4n) is 3.61. The maximum Gasteiger partial charge on any atom is 0.0305 e. The number of fused-ring (bicyclic) bond motifs is 2. The maximum atomic E-state index is 6.26. The first-order valence-electron chi connectivity index (χ1n) is 6.10. The van der Waals surface area contributed by atoms with Gasteiger partial charge in [0.2, 0.25) is 0 Å². The minimum atomic E-state index is 0.292. The Balaban J connectivity index is 1.62. The summed E-state index contributed by atoms with van der Waals surface area (Å²) in [6, 6.07) is 2.48. The molecule has 2 bridgehead atoms. The molecule has 0 radical (unpaired) electrons. The van der Waals surface area contributed by atoms with E-state index in [9.17, 15) is 0 Å². The molecule has 15 heavy (non-hydrogen) atoms. The highest BCUT2D eigenvalue weighted by Gasteiger charge is 2.39. The smallest absolute Gasteiger partial charge is 0.0305 e. The van der Waals surface area contributed by atoms with E-state index >= 15 is 0 Å². The Morgan fingerprint density at radius 1 is 1.40 bits per heavy atom. The molecule has 1 heterocycles. The van der Waals surface area contributed by atoms with Crippen LogP contribution < -0.4 is 5.73 Å². The second kappa shape index (κ2) is 3.91. The standard InChI is InChI=1S/C13H19NS/c14-13(11-3-4-15-8-11)7-12-6-9-1-2-10(12)5-9/h3-4,8-10,12-13H,1-2,5-7,14H2. The summed E-state index contributed by atoms with van der Waals surface area (Å²) in [4.78, 5) is 0. The zero-order valence-electron chi connectivity index (χ0n) is 9.06. The molecule has 2 aliphatic rings. The molecule has 2 N–H and O–H groups in total. The van der Waals surface area contributed by atoms with Gasteiger partial charge >= 0.3 is 0 Å². The first-order valence-corrected chi connectivity index (χ1v) is 7.05. The van der Waals surface area contributed by atoms with Gasteiger partial charge in [-0.25, -0.2) is 0 Å². The lowest BCUT2D eigenvalue weighted by Gasteiger charge is -2.24. The van der Waals surface area contributed by atoms with Gasteiger partial charge in [-0.05, 0) is 65.8 Å². The molecule has 4 atom stereocenters. The third kappa shape index (κ3) is 1.85. The predicted octanol–water partition coefficient (Wildman–Crippen LogP) is 3.57. The minimum Gasteiger partial charge on any atom is -0.324 e. The van der Waals surface area contributed by atoms with Crippen LogP contribution >= 0.6 is 11.3 Å². The van der Waals surface area contributed by atoms with Gasteiger partial charge in [-0.2, -0.15) is 11.3 Å². The topological polar surface area (TPSA) is 26.0 Å². The molecule has 1 nitrogen and oxygen atoms in total. The van der Waals surface area contributed by atoms with E-state index < -0.39 is 0 Å². The lowest BCUT2D eigenvalue weighted by Crippen LogP contribution is -2.19. The van der Waals surface area contributed by atoms with Gasteiger partial charge in [-0.3, -0.25) is 0 Å². The van der Waals surface area contributed by atoms with Crippen molar-refractivity contribution >= 4 is 11.3 Å². The van der Waals surface area contributed by atoms with Crippen molar-refractivity contribution in [2.24, 2.45) is 23.5 Å². The van der Waals surface area contributed by atoms with E-state index in [0.717, 1.165) is 17.8 Å². The van der Waals surface area contributed by atoms with Crippen LogP contribution in [0.25, 0.3) is 0 Å². The molecule has 2 saturated carbocycles. The van der Waals surface area contributed by atoms with Crippen molar-refractivity contribution in [3.8, 4) is 0 Å². The quantitative estimate of drug-likeness (QED) is 0.829. The lowest BCUT2D eigenvalue weighted by molar-refractivity contribution is 0.296. The molecule has 0 spiro atoms. The van der Waals surface area contributed by atoms with E-state index in [1.807, 2.05) is 0 Å². The van der Waals surface area contributed by atoms with Gasteiger partial charge in [-0.15, -0.1) is 0 Å². The van der Waals surface area contributed by atoms with E-state index in [4.69, 9.17) is 5.73 Å². The molecule has 0 aromatic carbocycles. The minimum absolute atomic E-state index is 0.292. The van der Waals surface area contributed by atoms with Crippen LogP contribution in [-0.2, 0) is 0 Å². The monoisotopic (exact) mass is 221 g/mol. The van der Waals surface area contributed by atoms with Crippen molar-refractivity contribution in [3.05, 3.63) is 22.4 Å². The number of hydrogen-bond donors (Lipinski definition) is 1. The van der Waals surface area contributed by atoms with Gasteiger partial charge in [0.15, 0.2) is 0 Å². The molecular weight excluding hydrogens is 202 g/mol. The first kappa shape index (κ1) is 9.86. The SMILES string of the molecule is NC(CC1CC2CCC1C2)c1ccsc1. The highest BCUT2D eigenvalue weighted by atomic mass is 32.1. The van der Waals surface area contributed by atoms with Gasteiger partial charge in [-0.1, -0.05) is 6.42 Å². The summed E-state index contributed by atoms with van der Waals surface area (Å²) in [5.74, 6) is 2.99. The third-order valence-corrected chi connectivity index (χ3v) is 5.11. The van der Waals surface area contributed by atoms with Crippen molar-refractivity contribution in [2.45, 2.75) is 38.1 Å². The summed E-state index contributed by atoms with van der Waals surface area (Å²) in [7, 11) is 0. The molecule has 1 aromatic rings. The zero-order chi connectivity index (χ0) is 10.3. The molecule has 2 heteroatoms. The van der Waals surface area contributed by atoms with Crippen molar-refractivity contribution in [1.29, 1.82) is 0 Å². The van der Waals surface area contributed by atoms with Crippen molar-refractivity contribution in [2.75, 3.05) is 0 Å². The molecule has 3 rings (SSSR count). The summed E-state index contributed by atoms with van der Waals surface area (Å²) >= 11 is 1.76. The average Bonchev–Trinajstić information content (AvgIpc) is 2.95. The first-order chi connectivity index (χ1) is 7.33. The van der Waals surface area contributed by atoms with E-state index in [1.165, 1.54) is 37.7 Å². The normalized spacial score (nSPS) is 35.9. The van der Waals surface area contributed by atoms with Crippen LogP contribution in [0.15, 0.2) is 16.8 Å². The molecule has 82 valence electrons. The third-order valence-electron chi connectivity index (χ3n) is 4.41. The van der Waals surface area contributed by atoms with E-state index in [-0.39, 0.29) is 0 Å². The van der Waals surface area contributed by atoms with Crippen LogP contribution in [-0.4, -0.2) is 0 Å². The van der Waals surface area contributed by atoms with Crippen LogP contribution in [0.2, 0.25) is 0 Å². The molecule has 2 fully saturated rings. The van der Waals surface area contributed by atoms with E-state index in [0.29, 0.717) is 6.04 Å². The highest BCUT2D eigenvalue weighted by molar-refractivity contribution is 7.07. The Morgan fingerprint density at radius 2 is 2.33 bits per heavy atom. The molecule has 4 unspecified atom stereocenters. The van der Waals surface area contributed by atoms with Crippen LogP contribution in [0, 0.1) is 17.8 Å². The lowest BCUT2D eigenvalue weighted by atomic mass is 9.83. The Morgan fingerprint density at radius 3 is 2.93 bits per heavy atom.